The number of aryl methyl sites for hydroxylation is 1. The summed E-state index contributed by atoms with van der Waals surface area (Å²) in [6.45, 7) is 7.51. The topological polar surface area (TPSA) is 41.1 Å². The number of carbonyl (C=O) groups excluding carboxylic acids is 1. The Balaban J connectivity index is 2.41. The van der Waals surface area contributed by atoms with Gasteiger partial charge in [-0.1, -0.05) is 32.9 Å². The molecule has 1 aromatic carbocycles. The Hall–Kier alpha value is -1.35. The fraction of sp³-hybridized carbons (Fsp3) is 0.588. The summed E-state index contributed by atoms with van der Waals surface area (Å²) in [6.07, 6.45) is 3.09. The van der Waals surface area contributed by atoms with Crippen LogP contribution in [0, 0.1) is 5.41 Å². The molecule has 0 bridgehead atoms. The van der Waals surface area contributed by atoms with Crippen LogP contribution in [0.2, 0.25) is 0 Å². The van der Waals surface area contributed by atoms with Gasteiger partial charge in [0.1, 0.15) is 0 Å². The van der Waals surface area contributed by atoms with Crippen molar-refractivity contribution in [3.8, 4) is 0 Å². The predicted octanol–water partition coefficient (Wildman–Crippen LogP) is 3.06. The van der Waals surface area contributed by atoms with Gasteiger partial charge in [0.2, 0.25) is 0 Å². The molecule has 3 heteroatoms. The van der Waals surface area contributed by atoms with Gasteiger partial charge in [0.05, 0.1) is 0 Å². The van der Waals surface area contributed by atoms with Crippen LogP contribution >= 0.6 is 0 Å². The number of nitrogens with one attached hydrogen (secondary N) is 2. The number of rotatable bonds is 4. The second kappa shape index (κ2) is 5.96. The van der Waals surface area contributed by atoms with Crippen molar-refractivity contribution < 1.29 is 4.79 Å². The summed E-state index contributed by atoms with van der Waals surface area (Å²) in [5.74, 6) is 0.0727. The van der Waals surface area contributed by atoms with Gasteiger partial charge in [-0.25, -0.2) is 0 Å². The monoisotopic (exact) mass is 274 g/mol. The molecule has 1 atom stereocenters. The SMILES string of the molecule is CCC(C)(C)C(NC)c1ccc2c(c1)C(=O)NCCC2. The number of carbonyl (C=O) groups is 1. The molecule has 2 rings (SSSR count). The van der Waals surface area contributed by atoms with E-state index in [0.29, 0.717) is 0 Å². The molecule has 0 radical (unpaired) electrons. The van der Waals surface area contributed by atoms with Gasteiger partial charge in [0.25, 0.3) is 5.91 Å². The molecule has 110 valence electrons. The van der Waals surface area contributed by atoms with Crippen LogP contribution in [-0.4, -0.2) is 19.5 Å². The third kappa shape index (κ3) is 2.88. The first-order valence-electron chi connectivity index (χ1n) is 7.58. The summed E-state index contributed by atoms with van der Waals surface area (Å²) in [6, 6.07) is 6.64. The Morgan fingerprint density at radius 2 is 2.15 bits per heavy atom. The lowest BCUT2D eigenvalue weighted by Crippen LogP contribution is -2.32. The van der Waals surface area contributed by atoms with E-state index < -0.39 is 0 Å². The minimum atomic E-state index is 0.0727. The summed E-state index contributed by atoms with van der Waals surface area (Å²) in [4.78, 5) is 12.2. The van der Waals surface area contributed by atoms with Crippen molar-refractivity contribution in [1.82, 2.24) is 10.6 Å². The molecule has 3 nitrogen and oxygen atoms in total. The van der Waals surface area contributed by atoms with E-state index in [1.807, 2.05) is 7.05 Å². The van der Waals surface area contributed by atoms with Gasteiger partial charge in [-0.2, -0.15) is 0 Å². The molecule has 0 aliphatic carbocycles. The molecule has 0 saturated heterocycles. The molecule has 1 aliphatic heterocycles. The average molecular weight is 274 g/mol. The maximum Gasteiger partial charge on any atom is 0.251 e. The summed E-state index contributed by atoms with van der Waals surface area (Å²) >= 11 is 0. The lowest BCUT2D eigenvalue weighted by atomic mass is 9.78. The number of amides is 1. The number of hydrogen-bond acceptors (Lipinski definition) is 2. The zero-order valence-electron chi connectivity index (χ0n) is 13.0. The van der Waals surface area contributed by atoms with E-state index in [0.717, 1.165) is 31.4 Å². The van der Waals surface area contributed by atoms with E-state index in [4.69, 9.17) is 0 Å². The highest BCUT2D eigenvalue weighted by atomic mass is 16.1. The third-order valence-electron chi connectivity index (χ3n) is 4.60. The molecular weight excluding hydrogens is 248 g/mol. The Labute approximate surface area is 122 Å². The minimum Gasteiger partial charge on any atom is -0.352 e. The first-order valence-corrected chi connectivity index (χ1v) is 7.58. The molecule has 0 fully saturated rings. The molecule has 0 saturated carbocycles. The van der Waals surface area contributed by atoms with Crippen LogP contribution in [0.25, 0.3) is 0 Å². The fourth-order valence-corrected chi connectivity index (χ4v) is 2.99. The highest BCUT2D eigenvalue weighted by molar-refractivity contribution is 5.96. The molecule has 20 heavy (non-hydrogen) atoms. The van der Waals surface area contributed by atoms with Crippen LogP contribution in [0.4, 0.5) is 0 Å². The van der Waals surface area contributed by atoms with Crippen LogP contribution < -0.4 is 10.6 Å². The van der Waals surface area contributed by atoms with Crippen LogP contribution in [0.15, 0.2) is 18.2 Å². The maximum absolute atomic E-state index is 12.2. The highest BCUT2D eigenvalue weighted by Gasteiger charge is 2.29. The fourth-order valence-electron chi connectivity index (χ4n) is 2.99. The Morgan fingerprint density at radius 3 is 2.80 bits per heavy atom. The zero-order chi connectivity index (χ0) is 14.8. The van der Waals surface area contributed by atoms with Crippen molar-refractivity contribution in [3.63, 3.8) is 0 Å². The van der Waals surface area contributed by atoms with Gasteiger partial charge < -0.3 is 10.6 Å². The van der Waals surface area contributed by atoms with Gasteiger partial charge in [-0.05, 0) is 48.9 Å². The summed E-state index contributed by atoms with van der Waals surface area (Å²) in [5.41, 5.74) is 3.39. The summed E-state index contributed by atoms with van der Waals surface area (Å²) in [5, 5.41) is 6.39. The number of fused-ring (bicyclic) bond motifs is 1. The maximum atomic E-state index is 12.2. The molecule has 1 aliphatic rings. The van der Waals surface area contributed by atoms with Gasteiger partial charge in [0.15, 0.2) is 0 Å². The van der Waals surface area contributed by atoms with Gasteiger partial charge in [-0.15, -0.1) is 0 Å². The molecular formula is C17H26N2O. The van der Waals surface area contributed by atoms with Crippen molar-refractivity contribution in [2.24, 2.45) is 5.41 Å². The van der Waals surface area contributed by atoms with Crippen molar-refractivity contribution >= 4 is 5.91 Å². The number of benzene rings is 1. The second-order valence-electron chi connectivity index (χ2n) is 6.34. The van der Waals surface area contributed by atoms with E-state index in [9.17, 15) is 4.79 Å². The Kier molecular flexibility index (Phi) is 4.48. The zero-order valence-corrected chi connectivity index (χ0v) is 13.0. The Bertz CT molecular complexity index is 494. The lowest BCUT2D eigenvalue weighted by molar-refractivity contribution is 0.0955. The molecule has 0 aromatic heterocycles. The van der Waals surface area contributed by atoms with E-state index in [-0.39, 0.29) is 17.4 Å². The Morgan fingerprint density at radius 1 is 1.40 bits per heavy atom. The molecule has 1 heterocycles. The molecule has 1 amide bonds. The molecule has 1 unspecified atom stereocenters. The van der Waals surface area contributed by atoms with Crippen molar-refractivity contribution in [1.29, 1.82) is 0 Å². The van der Waals surface area contributed by atoms with E-state index in [1.54, 1.807) is 0 Å². The van der Waals surface area contributed by atoms with Crippen molar-refractivity contribution in [3.05, 3.63) is 34.9 Å². The van der Waals surface area contributed by atoms with Crippen LogP contribution in [-0.2, 0) is 6.42 Å². The van der Waals surface area contributed by atoms with E-state index in [2.05, 4.69) is 49.6 Å². The van der Waals surface area contributed by atoms with E-state index in [1.165, 1.54) is 11.1 Å². The van der Waals surface area contributed by atoms with Crippen LogP contribution in [0.5, 0.6) is 0 Å². The van der Waals surface area contributed by atoms with Crippen LogP contribution in [0.1, 0.15) is 61.1 Å². The minimum absolute atomic E-state index is 0.0727. The van der Waals surface area contributed by atoms with Gasteiger partial charge >= 0.3 is 0 Å². The standard InChI is InChI=1S/C17H26N2O/c1-5-17(2,3)15(18-4)13-9-8-12-7-6-10-19-16(20)14(12)11-13/h8-9,11,15,18H,5-7,10H2,1-4H3,(H,19,20). The third-order valence-corrected chi connectivity index (χ3v) is 4.60. The predicted molar refractivity (Wildman–Crippen MR) is 83.0 cm³/mol. The van der Waals surface area contributed by atoms with E-state index >= 15 is 0 Å². The highest BCUT2D eigenvalue weighted by Crippen LogP contribution is 2.36. The first kappa shape index (κ1) is 15.0. The first-order chi connectivity index (χ1) is 9.49. The quantitative estimate of drug-likeness (QED) is 0.886. The number of hydrogen-bond donors (Lipinski definition) is 2. The van der Waals surface area contributed by atoms with Crippen molar-refractivity contribution in [2.75, 3.05) is 13.6 Å². The normalized spacial score (nSPS) is 17.1. The lowest BCUT2D eigenvalue weighted by Gasteiger charge is -2.34. The molecule has 1 aromatic rings. The largest absolute Gasteiger partial charge is 0.352 e. The summed E-state index contributed by atoms with van der Waals surface area (Å²) < 4.78 is 0. The summed E-state index contributed by atoms with van der Waals surface area (Å²) in [7, 11) is 1.99. The van der Waals surface area contributed by atoms with Crippen molar-refractivity contribution in [2.45, 2.75) is 46.1 Å². The molecule has 2 N–H and O–H groups in total. The second-order valence-corrected chi connectivity index (χ2v) is 6.34. The van der Waals surface area contributed by atoms with Crippen LogP contribution in [0.3, 0.4) is 0 Å². The van der Waals surface area contributed by atoms with Gasteiger partial charge in [0, 0.05) is 18.2 Å². The molecule has 0 spiro atoms. The average Bonchev–Trinajstić information content (AvgIpc) is 2.62. The van der Waals surface area contributed by atoms with Gasteiger partial charge in [-0.3, -0.25) is 4.79 Å². The smallest absolute Gasteiger partial charge is 0.251 e.